The Morgan fingerprint density at radius 2 is 2.00 bits per heavy atom. The molecule has 2 aromatic rings. The number of halogens is 1. The monoisotopic (exact) mass is 426 g/mol. The van der Waals surface area contributed by atoms with E-state index in [4.69, 9.17) is 0 Å². The Labute approximate surface area is 148 Å². The van der Waals surface area contributed by atoms with E-state index in [1.165, 1.54) is 17.7 Å². The van der Waals surface area contributed by atoms with Crippen molar-refractivity contribution in [3.05, 3.63) is 55.8 Å². The van der Waals surface area contributed by atoms with Crippen molar-refractivity contribution in [1.82, 2.24) is 10.2 Å². The topological polar surface area (TPSA) is 32.3 Å². The minimum Gasteiger partial charge on any atom is -0.350 e. The van der Waals surface area contributed by atoms with Crippen LogP contribution in [0.2, 0.25) is 0 Å². The van der Waals surface area contributed by atoms with Crippen molar-refractivity contribution < 1.29 is 4.79 Å². The molecule has 0 saturated carbocycles. The summed E-state index contributed by atoms with van der Waals surface area (Å²) in [5, 5.41) is 5.24. The minimum absolute atomic E-state index is 0.0192. The van der Waals surface area contributed by atoms with Crippen LogP contribution in [0.15, 0.2) is 41.8 Å². The van der Waals surface area contributed by atoms with Crippen LogP contribution in [0.25, 0.3) is 0 Å². The van der Waals surface area contributed by atoms with Gasteiger partial charge in [0, 0.05) is 15.0 Å². The third-order valence-electron chi connectivity index (χ3n) is 4.03. The number of rotatable bonds is 5. The zero-order valence-corrected chi connectivity index (χ0v) is 15.3. The Bertz CT molecular complexity index is 623. The van der Waals surface area contributed by atoms with Crippen LogP contribution < -0.4 is 5.32 Å². The molecular weight excluding hydrogens is 407 g/mol. The molecule has 2 heterocycles. The molecule has 1 atom stereocenters. The van der Waals surface area contributed by atoms with E-state index in [1.807, 2.05) is 24.3 Å². The summed E-state index contributed by atoms with van der Waals surface area (Å²) in [6.07, 6.45) is 2.51. The van der Waals surface area contributed by atoms with Crippen molar-refractivity contribution in [2.75, 3.05) is 19.6 Å². The summed E-state index contributed by atoms with van der Waals surface area (Å²) in [6.45, 7) is 2.92. The van der Waals surface area contributed by atoms with Crippen LogP contribution in [0.5, 0.6) is 0 Å². The number of benzene rings is 1. The van der Waals surface area contributed by atoms with Crippen molar-refractivity contribution in [2.24, 2.45) is 0 Å². The van der Waals surface area contributed by atoms with Gasteiger partial charge in [0.1, 0.15) is 0 Å². The lowest BCUT2D eigenvalue weighted by Crippen LogP contribution is -2.36. The van der Waals surface area contributed by atoms with Gasteiger partial charge in [-0.05, 0) is 72.1 Å². The van der Waals surface area contributed by atoms with E-state index in [0.717, 1.165) is 22.2 Å². The fraction of sp³-hybridized carbons (Fsp3) is 0.353. The van der Waals surface area contributed by atoms with E-state index in [-0.39, 0.29) is 5.91 Å². The Hall–Kier alpha value is -0.920. The first kappa shape index (κ1) is 16.0. The summed E-state index contributed by atoms with van der Waals surface area (Å²) in [4.78, 5) is 16.2. The number of amides is 1. The predicted octanol–water partition coefficient (Wildman–Crippen LogP) is 3.92. The van der Waals surface area contributed by atoms with Crippen LogP contribution in [-0.4, -0.2) is 30.4 Å². The molecule has 1 aliphatic heterocycles. The number of thiophene rings is 1. The van der Waals surface area contributed by atoms with Gasteiger partial charge in [0.15, 0.2) is 0 Å². The number of nitrogens with zero attached hydrogens (tertiary/aromatic N) is 1. The molecule has 116 valence electrons. The summed E-state index contributed by atoms with van der Waals surface area (Å²) in [6, 6.07) is 12.3. The van der Waals surface area contributed by atoms with Crippen molar-refractivity contribution in [3.8, 4) is 0 Å². The average molecular weight is 426 g/mol. The molecule has 3 rings (SSSR count). The molecule has 1 saturated heterocycles. The summed E-state index contributed by atoms with van der Waals surface area (Å²) < 4.78 is 0.992. The summed E-state index contributed by atoms with van der Waals surface area (Å²) in [5.41, 5.74) is 0.759. The lowest BCUT2D eigenvalue weighted by Gasteiger charge is -2.27. The van der Waals surface area contributed by atoms with E-state index in [0.29, 0.717) is 12.6 Å². The first-order valence-electron chi connectivity index (χ1n) is 7.56. The Morgan fingerprint density at radius 1 is 1.23 bits per heavy atom. The molecule has 3 nitrogen and oxygen atoms in total. The molecule has 1 N–H and O–H groups in total. The maximum atomic E-state index is 12.4. The summed E-state index contributed by atoms with van der Waals surface area (Å²) in [7, 11) is 0. The number of carbonyl (C=O) groups excluding carboxylic acids is 1. The third kappa shape index (κ3) is 3.70. The van der Waals surface area contributed by atoms with Crippen LogP contribution in [0.1, 0.15) is 34.1 Å². The Kier molecular flexibility index (Phi) is 5.49. The van der Waals surface area contributed by atoms with Crippen molar-refractivity contribution in [1.29, 1.82) is 0 Å². The second-order valence-corrected chi connectivity index (χ2v) is 7.61. The van der Waals surface area contributed by atoms with E-state index in [2.05, 4.69) is 50.3 Å². The van der Waals surface area contributed by atoms with Crippen LogP contribution in [0.4, 0.5) is 0 Å². The zero-order chi connectivity index (χ0) is 15.4. The highest BCUT2D eigenvalue weighted by molar-refractivity contribution is 14.1. The maximum absolute atomic E-state index is 12.4. The van der Waals surface area contributed by atoms with Crippen molar-refractivity contribution in [3.63, 3.8) is 0 Å². The van der Waals surface area contributed by atoms with Crippen molar-refractivity contribution >= 4 is 39.8 Å². The van der Waals surface area contributed by atoms with Crippen LogP contribution >= 0.6 is 33.9 Å². The van der Waals surface area contributed by atoms with Crippen LogP contribution in [-0.2, 0) is 0 Å². The van der Waals surface area contributed by atoms with E-state index >= 15 is 0 Å². The molecule has 5 heteroatoms. The highest BCUT2D eigenvalue weighted by atomic mass is 127. The smallest absolute Gasteiger partial charge is 0.252 e. The lowest BCUT2D eigenvalue weighted by molar-refractivity contribution is 0.0937. The second-order valence-electron chi connectivity index (χ2n) is 5.46. The number of hydrogen-bond donors (Lipinski definition) is 1. The standard InChI is InChI=1S/C17H19IN2OS/c18-14-7-2-1-6-13(14)17(21)19-12-15(16-8-5-11-22-16)20-9-3-4-10-20/h1-2,5-8,11,15H,3-4,9-10,12H2,(H,19,21)/t15-/m0/s1. The lowest BCUT2D eigenvalue weighted by atomic mass is 10.2. The predicted molar refractivity (Wildman–Crippen MR) is 99.4 cm³/mol. The van der Waals surface area contributed by atoms with Gasteiger partial charge >= 0.3 is 0 Å². The fourth-order valence-corrected chi connectivity index (χ4v) is 4.37. The molecule has 0 bridgehead atoms. The first-order chi connectivity index (χ1) is 10.8. The zero-order valence-electron chi connectivity index (χ0n) is 12.3. The molecule has 1 fully saturated rings. The quantitative estimate of drug-likeness (QED) is 0.736. The average Bonchev–Trinajstić information content (AvgIpc) is 3.21. The number of carbonyl (C=O) groups is 1. The van der Waals surface area contributed by atoms with Gasteiger partial charge in [-0.3, -0.25) is 9.69 Å². The number of likely N-dealkylation sites (tertiary alicyclic amines) is 1. The van der Waals surface area contributed by atoms with Gasteiger partial charge in [-0.1, -0.05) is 18.2 Å². The number of nitrogens with one attached hydrogen (secondary N) is 1. The van der Waals surface area contributed by atoms with Crippen LogP contribution in [0, 0.1) is 3.57 Å². The van der Waals surface area contributed by atoms with E-state index in [9.17, 15) is 4.79 Å². The molecule has 1 aliphatic rings. The molecule has 0 unspecified atom stereocenters. The molecule has 1 aromatic heterocycles. The van der Waals surface area contributed by atoms with Gasteiger partial charge in [0.05, 0.1) is 11.6 Å². The minimum atomic E-state index is 0.0192. The Morgan fingerprint density at radius 3 is 2.68 bits per heavy atom. The maximum Gasteiger partial charge on any atom is 0.252 e. The molecule has 0 aliphatic carbocycles. The van der Waals surface area contributed by atoms with E-state index in [1.54, 1.807) is 11.3 Å². The molecular formula is C17H19IN2OS. The first-order valence-corrected chi connectivity index (χ1v) is 9.52. The second kappa shape index (κ2) is 7.57. The Balaban J connectivity index is 1.69. The largest absolute Gasteiger partial charge is 0.350 e. The van der Waals surface area contributed by atoms with Crippen LogP contribution in [0.3, 0.4) is 0 Å². The van der Waals surface area contributed by atoms with Gasteiger partial charge in [-0.2, -0.15) is 0 Å². The summed E-state index contributed by atoms with van der Waals surface area (Å²) in [5.74, 6) is 0.0192. The van der Waals surface area contributed by atoms with Gasteiger partial charge in [0.2, 0.25) is 0 Å². The third-order valence-corrected chi connectivity index (χ3v) is 5.94. The highest BCUT2D eigenvalue weighted by Crippen LogP contribution is 2.28. The van der Waals surface area contributed by atoms with Gasteiger partial charge in [0.25, 0.3) is 5.91 Å². The van der Waals surface area contributed by atoms with Crippen molar-refractivity contribution in [2.45, 2.75) is 18.9 Å². The molecule has 1 aromatic carbocycles. The molecule has 22 heavy (non-hydrogen) atoms. The summed E-state index contributed by atoms with van der Waals surface area (Å²) >= 11 is 3.99. The SMILES string of the molecule is O=C(NC[C@@H](c1cccs1)N1CCCC1)c1ccccc1I. The fourth-order valence-electron chi connectivity index (χ4n) is 2.87. The highest BCUT2D eigenvalue weighted by Gasteiger charge is 2.24. The van der Waals surface area contributed by atoms with Gasteiger partial charge < -0.3 is 5.32 Å². The normalized spacial score (nSPS) is 16.6. The number of hydrogen-bond acceptors (Lipinski definition) is 3. The molecule has 1 amide bonds. The van der Waals surface area contributed by atoms with Gasteiger partial charge in [-0.15, -0.1) is 11.3 Å². The van der Waals surface area contributed by atoms with E-state index < -0.39 is 0 Å². The van der Waals surface area contributed by atoms with Gasteiger partial charge in [-0.25, -0.2) is 0 Å². The molecule has 0 spiro atoms. The molecule has 0 radical (unpaired) electrons.